The summed E-state index contributed by atoms with van der Waals surface area (Å²) in [6, 6.07) is 12.0. The van der Waals surface area contributed by atoms with E-state index in [-0.39, 0.29) is 11.8 Å². The lowest BCUT2D eigenvalue weighted by molar-refractivity contribution is 0.324. The summed E-state index contributed by atoms with van der Waals surface area (Å²) in [5.41, 5.74) is 2.45. The predicted octanol–water partition coefficient (Wildman–Crippen LogP) is 3.26. The topological polar surface area (TPSA) is 86.9 Å². The fourth-order valence-corrected chi connectivity index (χ4v) is 4.45. The number of nitriles is 1. The monoisotopic (exact) mass is 386 g/mol. The van der Waals surface area contributed by atoms with E-state index < -0.39 is 10.0 Å². The summed E-state index contributed by atoms with van der Waals surface area (Å²) in [7, 11) is -3.12. The molecule has 0 amide bonds. The normalized spacial score (nSPS) is 20.1. The Bertz CT molecular complexity index is 893. The molecule has 0 spiro atoms. The second-order valence-electron chi connectivity index (χ2n) is 7.05. The molecular formula is C20H26N4O2S. The van der Waals surface area contributed by atoms with Crippen LogP contribution >= 0.6 is 0 Å². The fourth-order valence-electron chi connectivity index (χ4n) is 3.54. The van der Waals surface area contributed by atoms with Gasteiger partial charge in [-0.25, -0.2) is 13.1 Å². The van der Waals surface area contributed by atoms with Gasteiger partial charge in [-0.3, -0.25) is 0 Å². The molecule has 1 aliphatic rings. The van der Waals surface area contributed by atoms with E-state index in [0.717, 1.165) is 43.6 Å². The van der Waals surface area contributed by atoms with Crippen molar-refractivity contribution in [3.63, 3.8) is 0 Å². The Morgan fingerprint density at radius 2 is 1.89 bits per heavy atom. The molecule has 2 N–H and O–H groups in total. The molecule has 7 heteroatoms. The van der Waals surface area contributed by atoms with Gasteiger partial charge in [0.05, 0.1) is 17.0 Å². The Morgan fingerprint density at radius 3 is 2.52 bits per heavy atom. The molecule has 1 aromatic carbocycles. The number of sulfonamides is 1. The average molecular weight is 387 g/mol. The maximum atomic E-state index is 11.7. The summed E-state index contributed by atoms with van der Waals surface area (Å²) in [5, 5.41) is 12.9. The van der Waals surface area contributed by atoms with Crippen LogP contribution in [0.5, 0.6) is 0 Å². The lowest BCUT2D eigenvalue weighted by Gasteiger charge is -2.29. The van der Waals surface area contributed by atoms with Gasteiger partial charge in [-0.2, -0.15) is 5.26 Å². The minimum Gasteiger partial charge on any atom is -0.385 e. The van der Waals surface area contributed by atoms with Crippen molar-refractivity contribution in [2.24, 2.45) is 5.92 Å². The molecule has 2 aromatic rings. The van der Waals surface area contributed by atoms with E-state index in [1.807, 2.05) is 47.3 Å². The highest BCUT2D eigenvalue weighted by Crippen LogP contribution is 2.26. The van der Waals surface area contributed by atoms with Crippen molar-refractivity contribution in [3.05, 3.63) is 48.3 Å². The molecule has 1 aliphatic carbocycles. The summed E-state index contributed by atoms with van der Waals surface area (Å²) in [6.45, 7) is 2.50. The summed E-state index contributed by atoms with van der Waals surface area (Å²) in [5.74, 6) is 0.649. The zero-order valence-electron chi connectivity index (χ0n) is 15.6. The van der Waals surface area contributed by atoms with Crippen molar-refractivity contribution < 1.29 is 8.42 Å². The first-order valence-electron chi connectivity index (χ1n) is 9.42. The fraction of sp³-hybridized carbons (Fsp3) is 0.450. The number of rotatable bonds is 7. The van der Waals surface area contributed by atoms with Crippen LogP contribution in [0.2, 0.25) is 0 Å². The highest BCUT2D eigenvalue weighted by molar-refractivity contribution is 7.89. The molecule has 0 aliphatic heterocycles. The second kappa shape index (κ2) is 8.59. The highest BCUT2D eigenvalue weighted by Gasteiger charge is 2.24. The number of nitrogens with one attached hydrogen (secondary N) is 2. The molecule has 0 radical (unpaired) electrons. The Balaban J connectivity index is 1.53. The van der Waals surface area contributed by atoms with E-state index in [0.29, 0.717) is 11.5 Å². The van der Waals surface area contributed by atoms with Crippen LogP contribution in [0.1, 0.15) is 38.2 Å². The van der Waals surface area contributed by atoms with Crippen molar-refractivity contribution >= 4 is 15.7 Å². The number of nitrogens with zero attached hydrogens (tertiary/aromatic N) is 2. The van der Waals surface area contributed by atoms with E-state index in [2.05, 4.69) is 16.1 Å². The van der Waals surface area contributed by atoms with Crippen LogP contribution in [0.4, 0.5) is 5.69 Å². The zero-order valence-corrected chi connectivity index (χ0v) is 16.4. The van der Waals surface area contributed by atoms with Crippen molar-refractivity contribution in [1.82, 2.24) is 9.29 Å². The second-order valence-corrected chi connectivity index (χ2v) is 9.10. The van der Waals surface area contributed by atoms with Crippen LogP contribution in [-0.2, 0) is 10.0 Å². The summed E-state index contributed by atoms with van der Waals surface area (Å²) >= 11 is 0. The molecular weight excluding hydrogens is 360 g/mol. The standard InChI is InChI=1S/C20H26N4O2S/c1-2-27(25,26)23-18-7-5-16(6-8-18)15-22-19-9-10-20(17(13-19)14-21)24-11-3-4-12-24/h3-4,9-13,16,18,22-23H,2,5-8,15H2,1H3/t16-,18-. The Kier molecular flexibility index (Phi) is 6.19. The third kappa shape index (κ3) is 5.12. The molecule has 0 saturated heterocycles. The van der Waals surface area contributed by atoms with Gasteiger partial charge in [0.25, 0.3) is 0 Å². The summed E-state index contributed by atoms with van der Waals surface area (Å²) < 4.78 is 28.1. The minimum atomic E-state index is -3.12. The third-order valence-corrected chi connectivity index (χ3v) is 6.62. The molecule has 1 fully saturated rings. The van der Waals surface area contributed by atoms with E-state index in [9.17, 15) is 13.7 Å². The summed E-state index contributed by atoms with van der Waals surface area (Å²) in [6.07, 6.45) is 7.60. The zero-order chi connectivity index (χ0) is 19.3. The first-order chi connectivity index (χ1) is 13.0. The van der Waals surface area contributed by atoms with E-state index >= 15 is 0 Å². The first kappa shape index (κ1) is 19.5. The van der Waals surface area contributed by atoms with E-state index in [1.165, 1.54) is 0 Å². The number of hydrogen-bond donors (Lipinski definition) is 2. The van der Waals surface area contributed by atoms with Gasteiger partial charge in [0.1, 0.15) is 6.07 Å². The number of benzene rings is 1. The smallest absolute Gasteiger partial charge is 0.211 e. The van der Waals surface area contributed by atoms with Gasteiger partial charge < -0.3 is 9.88 Å². The van der Waals surface area contributed by atoms with Crippen molar-refractivity contribution in [2.45, 2.75) is 38.6 Å². The SMILES string of the molecule is CCS(=O)(=O)N[C@H]1CC[C@H](CNc2ccc(-n3cccc3)c(C#N)c2)CC1. The number of hydrogen-bond acceptors (Lipinski definition) is 4. The van der Waals surface area contributed by atoms with Crippen LogP contribution in [0.15, 0.2) is 42.7 Å². The first-order valence-corrected chi connectivity index (χ1v) is 11.1. The van der Waals surface area contributed by atoms with Crippen LogP contribution in [0, 0.1) is 17.2 Å². The molecule has 27 heavy (non-hydrogen) atoms. The van der Waals surface area contributed by atoms with Gasteiger partial charge in [-0.05, 0) is 68.9 Å². The van der Waals surface area contributed by atoms with Gasteiger partial charge in [0.2, 0.25) is 10.0 Å². The quantitative estimate of drug-likeness (QED) is 0.765. The molecule has 0 bridgehead atoms. The average Bonchev–Trinajstić information content (AvgIpc) is 3.21. The van der Waals surface area contributed by atoms with E-state index in [1.54, 1.807) is 6.92 Å². The van der Waals surface area contributed by atoms with Gasteiger partial charge in [-0.15, -0.1) is 0 Å². The minimum absolute atomic E-state index is 0.0669. The van der Waals surface area contributed by atoms with Crippen molar-refractivity contribution in [2.75, 3.05) is 17.6 Å². The van der Waals surface area contributed by atoms with Gasteiger partial charge >= 0.3 is 0 Å². The van der Waals surface area contributed by atoms with E-state index in [4.69, 9.17) is 0 Å². The Hall–Kier alpha value is -2.30. The molecule has 3 rings (SSSR count). The van der Waals surface area contributed by atoms with Gasteiger partial charge in [0, 0.05) is 30.7 Å². The number of anilines is 1. The molecule has 6 nitrogen and oxygen atoms in total. The maximum absolute atomic E-state index is 11.7. The Labute approximate surface area is 161 Å². The molecule has 1 saturated carbocycles. The maximum Gasteiger partial charge on any atom is 0.211 e. The molecule has 0 atom stereocenters. The Morgan fingerprint density at radius 1 is 1.19 bits per heavy atom. The van der Waals surface area contributed by atoms with Gasteiger partial charge in [-0.1, -0.05) is 0 Å². The molecule has 1 heterocycles. The predicted molar refractivity (Wildman–Crippen MR) is 107 cm³/mol. The lowest BCUT2D eigenvalue weighted by atomic mass is 9.86. The number of aromatic nitrogens is 1. The van der Waals surface area contributed by atoms with Crippen molar-refractivity contribution in [3.8, 4) is 11.8 Å². The van der Waals surface area contributed by atoms with Crippen LogP contribution in [0.3, 0.4) is 0 Å². The van der Waals surface area contributed by atoms with Crippen LogP contribution in [0.25, 0.3) is 5.69 Å². The summed E-state index contributed by atoms with van der Waals surface area (Å²) in [4.78, 5) is 0. The molecule has 0 unspecified atom stereocenters. The van der Waals surface area contributed by atoms with Gasteiger partial charge in [0.15, 0.2) is 0 Å². The van der Waals surface area contributed by atoms with Crippen LogP contribution < -0.4 is 10.0 Å². The highest BCUT2D eigenvalue weighted by atomic mass is 32.2. The van der Waals surface area contributed by atoms with Crippen molar-refractivity contribution in [1.29, 1.82) is 5.26 Å². The molecule has 144 valence electrons. The lowest BCUT2D eigenvalue weighted by Crippen LogP contribution is -2.39. The molecule has 1 aromatic heterocycles. The third-order valence-electron chi connectivity index (χ3n) is 5.17. The largest absolute Gasteiger partial charge is 0.385 e. The van der Waals surface area contributed by atoms with Crippen LogP contribution in [-0.4, -0.2) is 31.3 Å².